The third-order valence-corrected chi connectivity index (χ3v) is 3.34. The van der Waals surface area contributed by atoms with E-state index in [1.807, 2.05) is 6.07 Å². The van der Waals surface area contributed by atoms with E-state index in [1.54, 1.807) is 31.3 Å². The van der Waals surface area contributed by atoms with Gasteiger partial charge < -0.3 is 5.21 Å². The van der Waals surface area contributed by atoms with Crippen LogP contribution in [0.3, 0.4) is 0 Å². The number of urea groups is 1. The van der Waals surface area contributed by atoms with Crippen molar-refractivity contribution in [3.8, 4) is 0 Å². The summed E-state index contributed by atoms with van der Waals surface area (Å²) in [5, 5.41) is 13.6. The Bertz CT molecular complexity index is 386. The molecule has 2 amide bonds. The van der Waals surface area contributed by atoms with E-state index in [2.05, 4.69) is 0 Å². The van der Waals surface area contributed by atoms with E-state index in [0.717, 1.165) is 17.1 Å². The minimum atomic E-state index is -0.823. The van der Waals surface area contributed by atoms with Crippen molar-refractivity contribution in [3.63, 3.8) is 0 Å². The first-order valence-corrected chi connectivity index (χ1v) is 5.16. The van der Waals surface area contributed by atoms with Crippen LogP contribution in [0.2, 0.25) is 0 Å². The van der Waals surface area contributed by atoms with Crippen molar-refractivity contribution in [1.82, 2.24) is 13.5 Å². The Morgan fingerprint density at radius 2 is 1.87 bits per heavy atom. The molecule has 1 unspecified atom stereocenters. The highest BCUT2D eigenvalue weighted by Gasteiger charge is 2.45. The molecule has 1 fully saturated rings. The summed E-state index contributed by atoms with van der Waals surface area (Å²) < 4.78 is 0.510. The zero-order chi connectivity index (χ0) is 11.1. The van der Waals surface area contributed by atoms with E-state index >= 15 is 0 Å². The maximum absolute atomic E-state index is 12.4. The fraction of sp³-hybridized carbons (Fsp3) is 0.222. The van der Waals surface area contributed by atoms with E-state index < -0.39 is 4.16 Å². The zero-order valence-corrected chi connectivity index (χ0v) is 9.27. The summed E-state index contributed by atoms with van der Waals surface area (Å²) >= 11 is 0.929. The molecule has 5 nitrogen and oxygen atoms in total. The van der Waals surface area contributed by atoms with E-state index in [0.29, 0.717) is 5.69 Å². The lowest BCUT2D eigenvalue weighted by molar-refractivity contribution is 0.164. The van der Waals surface area contributed by atoms with Crippen molar-refractivity contribution in [2.75, 3.05) is 14.1 Å². The molecule has 0 saturated carbocycles. The lowest BCUT2D eigenvalue weighted by Gasteiger charge is -2.36. The summed E-state index contributed by atoms with van der Waals surface area (Å²) in [6.45, 7) is 0. The van der Waals surface area contributed by atoms with Gasteiger partial charge in [0.05, 0.1) is 7.05 Å². The highest BCUT2D eigenvalue weighted by Crippen LogP contribution is 2.40. The summed E-state index contributed by atoms with van der Waals surface area (Å²) in [4.78, 5) is 11.5. The normalized spacial score (nSPS) is 26.2. The predicted octanol–water partition coefficient (Wildman–Crippen LogP) is 1.97. The van der Waals surface area contributed by atoms with Gasteiger partial charge in [0, 0.05) is 19.2 Å². The second-order valence-corrected chi connectivity index (χ2v) is 4.45. The molecule has 2 rings (SSSR count). The molecule has 1 atom stereocenters. The van der Waals surface area contributed by atoms with Crippen LogP contribution in [0, 0.1) is 5.21 Å². The summed E-state index contributed by atoms with van der Waals surface area (Å²) in [5.41, 5.74) is 0.530. The van der Waals surface area contributed by atoms with Crippen LogP contribution in [-0.4, -0.2) is 29.4 Å². The van der Waals surface area contributed by atoms with Crippen molar-refractivity contribution in [2.24, 2.45) is 0 Å². The standard InChI is InChI=1S/C9H11N3O2S/c1-10-9(13)11(2)15-12(10,14)8-6-4-3-5-7-8/h3-7H,1-2H3. The highest BCUT2D eigenvalue weighted by atomic mass is 32.2. The second-order valence-electron chi connectivity index (χ2n) is 3.24. The molecule has 1 aromatic carbocycles. The molecule has 0 N–H and O–H groups in total. The van der Waals surface area contributed by atoms with Gasteiger partial charge in [-0.05, 0) is 0 Å². The first kappa shape index (κ1) is 10.3. The van der Waals surface area contributed by atoms with Crippen molar-refractivity contribution >= 4 is 23.9 Å². The summed E-state index contributed by atoms with van der Waals surface area (Å²) in [6, 6.07) is 8.53. The van der Waals surface area contributed by atoms with Gasteiger partial charge in [-0.25, -0.2) is 9.10 Å². The number of quaternary nitrogens is 1. The number of hydrogen-bond donors (Lipinski definition) is 0. The van der Waals surface area contributed by atoms with Gasteiger partial charge in [-0.3, -0.25) is 0 Å². The molecule has 6 heteroatoms. The number of hydrogen-bond acceptors (Lipinski definition) is 3. The molecule has 1 aromatic rings. The summed E-state index contributed by atoms with van der Waals surface area (Å²) in [6.07, 6.45) is 0. The fourth-order valence-electron chi connectivity index (χ4n) is 1.41. The van der Waals surface area contributed by atoms with Gasteiger partial charge in [-0.1, -0.05) is 18.2 Å². The largest absolute Gasteiger partial charge is 0.587 e. The van der Waals surface area contributed by atoms with Crippen molar-refractivity contribution in [3.05, 3.63) is 35.5 Å². The molecule has 80 valence electrons. The number of amides is 2. The minimum absolute atomic E-state index is 0.293. The van der Waals surface area contributed by atoms with Crippen LogP contribution in [0.4, 0.5) is 10.5 Å². The number of nitrogens with zero attached hydrogens (tertiary/aromatic N) is 3. The van der Waals surface area contributed by atoms with Gasteiger partial charge in [0.25, 0.3) is 0 Å². The first-order valence-electron chi connectivity index (χ1n) is 4.43. The smallest absolute Gasteiger partial charge is 0.379 e. The molecule has 1 heterocycles. The Morgan fingerprint density at radius 3 is 2.33 bits per heavy atom. The monoisotopic (exact) mass is 225 g/mol. The predicted molar refractivity (Wildman–Crippen MR) is 60.1 cm³/mol. The Kier molecular flexibility index (Phi) is 2.34. The second kappa shape index (κ2) is 3.41. The zero-order valence-electron chi connectivity index (χ0n) is 8.45. The van der Waals surface area contributed by atoms with Crippen LogP contribution >= 0.6 is 12.1 Å². The topological polar surface area (TPSA) is 46.6 Å². The SMILES string of the molecule is CN1S[N+]([O-])(c2ccccc2)N(C)C1=O. The molecular weight excluding hydrogens is 214 g/mol. The fourth-order valence-corrected chi connectivity index (χ4v) is 2.32. The Morgan fingerprint density at radius 1 is 1.27 bits per heavy atom. The van der Waals surface area contributed by atoms with Crippen molar-refractivity contribution in [2.45, 2.75) is 0 Å². The van der Waals surface area contributed by atoms with Crippen LogP contribution in [0.15, 0.2) is 30.3 Å². The lowest BCUT2D eigenvalue weighted by Crippen LogP contribution is -2.46. The molecule has 1 aliphatic heterocycles. The van der Waals surface area contributed by atoms with Crippen LogP contribution in [-0.2, 0) is 0 Å². The molecule has 0 bridgehead atoms. The maximum atomic E-state index is 12.4. The van der Waals surface area contributed by atoms with Crippen LogP contribution in [0.1, 0.15) is 0 Å². The number of carbonyl (C=O) groups excluding carboxylic acids is 1. The molecule has 0 spiro atoms. The lowest BCUT2D eigenvalue weighted by atomic mass is 10.3. The maximum Gasteiger partial charge on any atom is 0.379 e. The number of benzene rings is 1. The van der Waals surface area contributed by atoms with Gasteiger partial charge in [-0.2, -0.15) is 5.01 Å². The van der Waals surface area contributed by atoms with Gasteiger partial charge >= 0.3 is 6.03 Å². The Balaban J connectivity index is 2.40. The van der Waals surface area contributed by atoms with Crippen LogP contribution in [0.5, 0.6) is 0 Å². The third kappa shape index (κ3) is 1.46. The molecule has 0 aliphatic carbocycles. The third-order valence-electron chi connectivity index (χ3n) is 2.26. The van der Waals surface area contributed by atoms with E-state index in [4.69, 9.17) is 0 Å². The van der Waals surface area contributed by atoms with E-state index in [-0.39, 0.29) is 6.03 Å². The van der Waals surface area contributed by atoms with Gasteiger partial charge in [0.15, 0.2) is 5.69 Å². The summed E-state index contributed by atoms with van der Waals surface area (Å²) in [5.74, 6) is 0. The molecule has 0 radical (unpaired) electrons. The molecule has 15 heavy (non-hydrogen) atoms. The molecule has 1 saturated heterocycles. The molecule has 1 aliphatic rings. The summed E-state index contributed by atoms with van der Waals surface area (Å²) in [7, 11) is 3.09. The average Bonchev–Trinajstić information content (AvgIpc) is 2.45. The van der Waals surface area contributed by atoms with Gasteiger partial charge in [0.2, 0.25) is 12.1 Å². The van der Waals surface area contributed by atoms with Gasteiger partial charge in [-0.15, -0.1) is 4.16 Å². The van der Waals surface area contributed by atoms with Crippen LogP contribution < -0.4 is 4.16 Å². The molecular formula is C9H11N3O2S. The number of carbonyl (C=O) groups is 1. The van der Waals surface area contributed by atoms with E-state index in [9.17, 15) is 10.0 Å². The average molecular weight is 225 g/mol. The van der Waals surface area contributed by atoms with Crippen LogP contribution in [0.25, 0.3) is 0 Å². The van der Waals surface area contributed by atoms with Crippen molar-refractivity contribution in [1.29, 1.82) is 0 Å². The van der Waals surface area contributed by atoms with E-state index in [1.165, 1.54) is 11.4 Å². The Labute approximate surface area is 92.3 Å². The van der Waals surface area contributed by atoms with Gasteiger partial charge in [0.1, 0.15) is 0 Å². The molecule has 0 aromatic heterocycles. The minimum Gasteiger partial charge on any atom is -0.587 e. The first-order chi connectivity index (χ1) is 7.05. The number of rotatable bonds is 1. The Hall–Kier alpha value is -1.24. The van der Waals surface area contributed by atoms with Crippen molar-refractivity contribution < 1.29 is 4.79 Å². The highest BCUT2D eigenvalue weighted by molar-refractivity contribution is 7.97. The quantitative estimate of drug-likeness (QED) is 0.417.